The van der Waals surface area contributed by atoms with E-state index in [4.69, 9.17) is 27.9 Å². The summed E-state index contributed by atoms with van der Waals surface area (Å²) in [5, 5.41) is 13.4. The van der Waals surface area contributed by atoms with Crippen molar-refractivity contribution >= 4 is 57.7 Å². The van der Waals surface area contributed by atoms with E-state index in [-0.39, 0.29) is 32.7 Å². The third kappa shape index (κ3) is 3.79. The van der Waals surface area contributed by atoms with Crippen LogP contribution in [-0.4, -0.2) is 23.9 Å². The summed E-state index contributed by atoms with van der Waals surface area (Å²) in [4.78, 5) is 28.4. The second-order valence-corrected chi connectivity index (χ2v) is 8.97. The quantitative estimate of drug-likeness (QED) is 0.262. The highest BCUT2D eigenvalue weighted by Gasteiger charge is 2.47. The maximum absolute atomic E-state index is 13.1. The molecule has 4 rings (SSSR count). The van der Waals surface area contributed by atoms with Gasteiger partial charge in [0.15, 0.2) is 5.75 Å². The fourth-order valence-corrected chi connectivity index (χ4v) is 5.22. The molecule has 0 saturated carbocycles. The van der Waals surface area contributed by atoms with Gasteiger partial charge in [0.1, 0.15) is 11.8 Å². The van der Waals surface area contributed by atoms with E-state index in [9.17, 15) is 14.7 Å². The summed E-state index contributed by atoms with van der Waals surface area (Å²) in [5.74, 6) is -1.57. The molecule has 1 unspecified atom stereocenters. The van der Waals surface area contributed by atoms with Crippen LogP contribution in [0.2, 0.25) is 10.0 Å². The first-order valence-electron chi connectivity index (χ1n) is 9.84. The van der Waals surface area contributed by atoms with Crippen LogP contribution in [-0.2, 0) is 16.0 Å². The lowest BCUT2D eigenvalue weighted by Crippen LogP contribution is -2.29. The Balaban J connectivity index is 1.90. The molecular weight excluding hydrogens is 469 g/mol. The minimum Gasteiger partial charge on any atom is -0.507 e. The zero-order valence-corrected chi connectivity index (χ0v) is 19.6. The van der Waals surface area contributed by atoms with Gasteiger partial charge in [-0.1, -0.05) is 48.3 Å². The number of thiophene rings is 1. The van der Waals surface area contributed by atoms with E-state index in [1.165, 1.54) is 35.5 Å². The van der Waals surface area contributed by atoms with Gasteiger partial charge in [0.05, 0.1) is 22.7 Å². The van der Waals surface area contributed by atoms with Gasteiger partial charge in [-0.15, -0.1) is 11.3 Å². The van der Waals surface area contributed by atoms with Crippen molar-refractivity contribution in [3.8, 4) is 5.75 Å². The summed E-state index contributed by atoms with van der Waals surface area (Å²) in [5.41, 5.74) is 1.89. The summed E-state index contributed by atoms with van der Waals surface area (Å²) in [7, 11) is 1.43. The molecule has 1 fully saturated rings. The number of benzene rings is 2. The standard InChI is InChI=1S/C24H19Cl2NO4S/c1-3-13-6-8-15(9-7-13)27-20(18-5-4-10-32-18)19(22(29)24(27)30)21(28)14-11-16(25)23(31-2)17(26)12-14/h4-12,20,28H,3H2,1-2H3/b21-19-. The second kappa shape index (κ2) is 8.98. The number of Topliss-reactive ketones (excluding diaryl/α,β-unsaturated/α-hetero) is 1. The van der Waals surface area contributed by atoms with Crippen molar-refractivity contribution in [1.82, 2.24) is 0 Å². The number of methoxy groups -OCH3 is 1. The molecular formula is C24H19Cl2NO4S. The van der Waals surface area contributed by atoms with Gasteiger partial charge in [0.2, 0.25) is 0 Å². The fourth-order valence-electron chi connectivity index (χ4n) is 3.75. The number of hydrogen-bond acceptors (Lipinski definition) is 5. The number of rotatable bonds is 5. The number of aryl methyl sites for hydroxylation is 1. The molecule has 5 nitrogen and oxygen atoms in total. The number of ether oxygens (including phenoxy) is 1. The molecule has 0 aliphatic carbocycles. The van der Waals surface area contributed by atoms with Crippen LogP contribution in [0.5, 0.6) is 5.75 Å². The monoisotopic (exact) mass is 487 g/mol. The number of aliphatic hydroxyl groups is 1. The van der Waals surface area contributed by atoms with Crippen molar-refractivity contribution in [3.63, 3.8) is 0 Å². The van der Waals surface area contributed by atoms with Crippen molar-refractivity contribution in [2.45, 2.75) is 19.4 Å². The number of anilines is 1. The number of amides is 1. The van der Waals surface area contributed by atoms with Crippen LogP contribution in [0.3, 0.4) is 0 Å². The molecule has 1 aromatic heterocycles. The van der Waals surface area contributed by atoms with Gasteiger partial charge < -0.3 is 9.84 Å². The zero-order chi connectivity index (χ0) is 23.0. The average Bonchev–Trinajstić information content (AvgIpc) is 3.40. The lowest BCUT2D eigenvalue weighted by Gasteiger charge is -2.24. The topological polar surface area (TPSA) is 66.8 Å². The Morgan fingerprint density at radius 2 is 1.78 bits per heavy atom. The third-order valence-corrected chi connectivity index (χ3v) is 6.84. The van der Waals surface area contributed by atoms with E-state index in [2.05, 4.69) is 0 Å². The van der Waals surface area contributed by atoms with Crippen molar-refractivity contribution in [3.05, 3.63) is 85.5 Å². The Kier molecular flexibility index (Phi) is 6.29. The summed E-state index contributed by atoms with van der Waals surface area (Å²) < 4.78 is 5.16. The molecule has 8 heteroatoms. The van der Waals surface area contributed by atoms with Crippen LogP contribution in [0, 0.1) is 0 Å². The summed E-state index contributed by atoms with van der Waals surface area (Å²) >= 11 is 13.9. The summed E-state index contributed by atoms with van der Waals surface area (Å²) in [6, 6.07) is 13.3. The molecule has 0 spiro atoms. The predicted octanol–water partition coefficient (Wildman–Crippen LogP) is 6.25. The molecule has 1 aliphatic rings. The smallest absolute Gasteiger partial charge is 0.300 e. The molecule has 0 bridgehead atoms. The molecule has 164 valence electrons. The van der Waals surface area contributed by atoms with Gasteiger partial charge in [-0.2, -0.15) is 0 Å². The predicted molar refractivity (Wildman–Crippen MR) is 128 cm³/mol. The van der Waals surface area contributed by atoms with Crippen LogP contribution in [0.25, 0.3) is 5.76 Å². The highest BCUT2D eigenvalue weighted by atomic mass is 35.5. The van der Waals surface area contributed by atoms with Crippen molar-refractivity contribution in [2.75, 3.05) is 12.0 Å². The van der Waals surface area contributed by atoms with Crippen LogP contribution in [0.4, 0.5) is 5.69 Å². The first kappa shape index (κ1) is 22.4. The van der Waals surface area contributed by atoms with E-state index >= 15 is 0 Å². The maximum atomic E-state index is 13.1. The van der Waals surface area contributed by atoms with Gasteiger partial charge in [-0.25, -0.2) is 0 Å². The number of halogens is 2. The van der Waals surface area contributed by atoms with Crippen molar-refractivity contribution in [1.29, 1.82) is 0 Å². The Morgan fingerprint density at radius 1 is 1.12 bits per heavy atom. The van der Waals surface area contributed by atoms with E-state index in [1.54, 1.807) is 0 Å². The minimum atomic E-state index is -0.776. The summed E-state index contributed by atoms with van der Waals surface area (Å²) in [6.45, 7) is 2.04. The molecule has 1 amide bonds. The average molecular weight is 488 g/mol. The lowest BCUT2D eigenvalue weighted by atomic mass is 9.99. The van der Waals surface area contributed by atoms with Gasteiger partial charge in [-0.3, -0.25) is 14.5 Å². The largest absolute Gasteiger partial charge is 0.507 e. The normalized spacial score (nSPS) is 17.8. The number of carbonyl (C=O) groups excluding carboxylic acids is 2. The molecule has 3 aromatic rings. The van der Waals surface area contributed by atoms with Crippen LogP contribution >= 0.6 is 34.5 Å². The molecule has 1 aliphatic heterocycles. The molecule has 0 radical (unpaired) electrons. The first-order valence-corrected chi connectivity index (χ1v) is 11.5. The molecule has 2 heterocycles. The summed E-state index contributed by atoms with van der Waals surface area (Å²) in [6.07, 6.45) is 0.854. The Morgan fingerprint density at radius 3 is 2.31 bits per heavy atom. The molecule has 32 heavy (non-hydrogen) atoms. The highest BCUT2D eigenvalue weighted by molar-refractivity contribution is 7.10. The van der Waals surface area contributed by atoms with Gasteiger partial charge in [0.25, 0.3) is 11.7 Å². The van der Waals surface area contributed by atoms with Crippen LogP contribution in [0.1, 0.15) is 29.0 Å². The molecule has 1 atom stereocenters. The van der Waals surface area contributed by atoms with Crippen molar-refractivity contribution in [2.24, 2.45) is 0 Å². The second-order valence-electron chi connectivity index (χ2n) is 7.18. The Labute approximate surface area is 199 Å². The third-order valence-electron chi connectivity index (χ3n) is 5.36. The van der Waals surface area contributed by atoms with Crippen LogP contribution in [0.15, 0.2) is 59.5 Å². The molecule has 1 N–H and O–H groups in total. The number of nitrogens with zero attached hydrogens (tertiary/aromatic N) is 1. The number of ketones is 1. The van der Waals surface area contributed by atoms with Gasteiger partial charge in [-0.05, 0) is 47.7 Å². The van der Waals surface area contributed by atoms with E-state index in [1.807, 2.05) is 48.7 Å². The maximum Gasteiger partial charge on any atom is 0.300 e. The van der Waals surface area contributed by atoms with Crippen molar-refractivity contribution < 1.29 is 19.4 Å². The van der Waals surface area contributed by atoms with Crippen LogP contribution < -0.4 is 9.64 Å². The van der Waals surface area contributed by atoms with E-state index in [0.29, 0.717) is 5.69 Å². The van der Waals surface area contributed by atoms with E-state index < -0.39 is 17.7 Å². The number of aliphatic hydroxyl groups excluding tert-OH is 1. The minimum absolute atomic E-state index is 0.0191. The molecule has 1 saturated heterocycles. The van der Waals surface area contributed by atoms with Gasteiger partial charge in [0, 0.05) is 16.1 Å². The molecule has 2 aromatic carbocycles. The van der Waals surface area contributed by atoms with Gasteiger partial charge >= 0.3 is 0 Å². The Bertz CT molecular complexity index is 1200. The van der Waals surface area contributed by atoms with E-state index in [0.717, 1.165) is 16.9 Å². The lowest BCUT2D eigenvalue weighted by molar-refractivity contribution is -0.132. The number of carbonyl (C=O) groups is 2. The Hall–Kier alpha value is -2.80. The number of hydrogen-bond donors (Lipinski definition) is 1. The SMILES string of the molecule is CCc1ccc(N2C(=O)C(=O)/C(=C(\O)c3cc(Cl)c(OC)c(Cl)c3)C2c2cccs2)cc1. The zero-order valence-electron chi connectivity index (χ0n) is 17.3. The highest BCUT2D eigenvalue weighted by Crippen LogP contribution is 2.44. The fraction of sp³-hybridized carbons (Fsp3) is 0.167. The first-order chi connectivity index (χ1) is 15.4.